The van der Waals surface area contributed by atoms with Crippen molar-refractivity contribution < 1.29 is 9.53 Å². The highest BCUT2D eigenvalue weighted by Crippen LogP contribution is 2.42. The van der Waals surface area contributed by atoms with Crippen LogP contribution in [-0.2, 0) is 4.79 Å². The number of carbonyl (C=O) groups excluding carboxylic acids is 1. The van der Waals surface area contributed by atoms with E-state index in [0.29, 0.717) is 11.3 Å². The van der Waals surface area contributed by atoms with Gasteiger partial charge in [0.15, 0.2) is 6.61 Å². The van der Waals surface area contributed by atoms with Crippen LogP contribution in [0.4, 0.5) is 0 Å². The van der Waals surface area contributed by atoms with E-state index in [1.807, 2.05) is 12.1 Å². The summed E-state index contributed by atoms with van der Waals surface area (Å²) in [5, 5.41) is 19.2. The van der Waals surface area contributed by atoms with E-state index in [9.17, 15) is 15.3 Å². The monoisotopic (exact) mass is 327 g/mol. The van der Waals surface area contributed by atoms with Gasteiger partial charge in [0.05, 0.1) is 39.3 Å². The molecule has 116 valence electrons. The standard InChI is InChI=1S/C15H13N5O2S/c16-5-10-13(11(6-17)15(20)23-14(10)19)8-1-3-9(4-2-8)22-7-12(18)21/h1-4,13H,7,19-20H2,(H2,18,21). The Labute approximate surface area is 137 Å². The summed E-state index contributed by atoms with van der Waals surface area (Å²) < 4.78 is 5.18. The van der Waals surface area contributed by atoms with Crippen LogP contribution in [0.15, 0.2) is 45.5 Å². The van der Waals surface area contributed by atoms with Gasteiger partial charge in [-0.3, -0.25) is 4.79 Å². The number of allylic oxidation sites excluding steroid dienone is 2. The molecule has 23 heavy (non-hydrogen) atoms. The van der Waals surface area contributed by atoms with Gasteiger partial charge in [0.2, 0.25) is 0 Å². The Morgan fingerprint density at radius 1 is 1.13 bits per heavy atom. The van der Waals surface area contributed by atoms with Gasteiger partial charge in [-0.25, -0.2) is 0 Å². The minimum atomic E-state index is -0.614. The highest BCUT2D eigenvalue weighted by Gasteiger charge is 2.31. The van der Waals surface area contributed by atoms with Crippen LogP contribution in [0.25, 0.3) is 0 Å². The van der Waals surface area contributed by atoms with Crippen LogP contribution in [0.3, 0.4) is 0 Å². The molecule has 1 aliphatic rings. The van der Waals surface area contributed by atoms with Gasteiger partial charge in [-0.15, -0.1) is 0 Å². The number of carbonyl (C=O) groups is 1. The number of thioether (sulfide) groups is 1. The number of rotatable bonds is 4. The van der Waals surface area contributed by atoms with Crippen molar-refractivity contribution in [1.82, 2.24) is 0 Å². The Morgan fingerprint density at radius 2 is 1.65 bits per heavy atom. The molecule has 1 aromatic rings. The average Bonchev–Trinajstić information content (AvgIpc) is 2.53. The summed E-state index contributed by atoms with van der Waals surface area (Å²) in [7, 11) is 0. The van der Waals surface area contributed by atoms with Crippen LogP contribution in [0.1, 0.15) is 11.5 Å². The Hall–Kier alpha value is -3.10. The minimum Gasteiger partial charge on any atom is -0.484 e. The topological polar surface area (TPSA) is 152 Å². The van der Waals surface area contributed by atoms with Gasteiger partial charge >= 0.3 is 0 Å². The van der Waals surface area contributed by atoms with Crippen LogP contribution in [0, 0.1) is 22.7 Å². The van der Waals surface area contributed by atoms with Gasteiger partial charge in [-0.2, -0.15) is 10.5 Å². The van der Waals surface area contributed by atoms with E-state index in [2.05, 4.69) is 0 Å². The van der Waals surface area contributed by atoms with Crippen LogP contribution in [-0.4, -0.2) is 12.5 Å². The minimum absolute atomic E-state index is 0.230. The SMILES string of the molecule is N#CC1=C(N)SC(N)=C(C#N)C1c1ccc(OCC(N)=O)cc1. The highest BCUT2D eigenvalue weighted by molar-refractivity contribution is 8.06. The summed E-state index contributed by atoms with van der Waals surface area (Å²) in [6.07, 6.45) is 0. The Balaban J connectivity index is 2.38. The fourth-order valence-electron chi connectivity index (χ4n) is 2.14. The maximum atomic E-state index is 10.7. The molecule has 0 saturated carbocycles. The molecule has 6 N–H and O–H groups in total. The number of primary amides is 1. The third kappa shape index (κ3) is 3.39. The number of ether oxygens (including phenoxy) is 1. The molecule has 8 heteroatoms. The zero-order chi connectivity index (χ0) is 17.0. The van der Waals surface area contributed by atoms with E-state index in [-0.39, 0.29) is 27.8 Å². The largest absolute Gasteiger partial charge is 0.484 e. The molecular weight excluding hydrogens is 314 g/mol. The van der Waals surface area contributed by atoms with Crippen molar-refractivity contribution in [2.75, 3.05) is 6.61 Å². The maximum absolute atomic E-state index is 10.7. The second kappa shape index (κ2) is 6.77. The lowest BCUT2D eigenvalue weighted by Gasteiger charge is -2.23. The third-order valence-electron chi connectivity index (χ3n) is 3.16. The average molecular weight is 327 g/mol. The number of nitriles is 2. The molecule has 1 aliphatic heterocycles. The number of hydrogen-bond acceptors (Lipinski definition) is 7. The van der Waals surface area contributed by atoms with Crippen LogP contribution in [0.5, 0.6) is 5.75 Å². The van der Waals surface area contributed by atoms with Crippen molar-refractivity contribution in [3.05, 3.63) is 51.0 Å². The van der Waals surface area contributed by atoms with E-state index in [4.69, 9.17) is 21.9 Å². The van der Waals surface area contributed by atoms with Crippen LogP contribution in [0.2, 0.25) is 0 Å². The molecule has 1 heterocycles. The first-order valence-electron chi connectivity index (χ1n) is 6.46. The number of benzene rings is 1. The fraction of sp³-hybridized carbons (Fsp3) is 0.133. The molecule has 0 spiro atoms. The summed E-state index contributed by atoms with van der Waals surface area (Å²) in [5.41, 5.74) is 18.0. The zero-order valence-corrected chi connectivity index (χ0v) is 12.8. The van der Waals surface area contributed by atoms with Crippen molar-refractivity contribution >= 4 is 17.7 Å². The molecule has 0 bridgehead atoms. The molecule has 1 amide bonds. The lowest BCUT2D eigenvalue weighted by Crippen LogP contribution is -2.20. The van der Waals surface area contributed by atoms with Crippen LogP contribution < -0.4 is 21.9 Å². The van der Waals surface area contributed by atoms with E-state index >= 15 is 0 Å². The molecule has 2 rings (SSSR count). The maximum Gasteiger partial charge on any atom is 0.255 e. The van der Waals surface area contributed by atoms with Crippen molar-refractivity contribution in [3.63, 3.8) is 0 Å². The quantitative estimate of drug-likeness (QED) is 0.738. The Bertz CT molecular complexity index is 748. The molecule has 0 atom stereocenters. The molecule has 0 fully saturated rings. The van der Waals surface area contributed by atoms with Gasteiger partial charge < -0.3 is 21.9 Å². The number of nitrogens with zero attached hydrogens (tertiary/aromatic N) is 2. The third-order valence-corrected chi connectivity index (χ3v) is 4.04. The normalized spacial score (nSPS) is 15.0. The molecule has 0 aliphatic carbocycles. The van der Waals surface area contributed by atoms with Crippen molar-refractivity contribution in [3.8, 4) is 17.9 Å². The smallest absolute Gasteiger partial charge is 0.255 e. The van der Waals surface area contributed by atoms with Gasteiger partial charge in [0.1, 0.15) is 5.75 Å². The molecule has 0 aromatic heterocycles. The van der Waals surface area contributed by atoms with E-state index in [1.165, 1.54) is 0 Å². The molecule has 0 saturated heterocycles. The second-order valence-electron chi connectivity index (χ2n) is 4.64. The molecule has 1 aromatic carbocycles. The van der Waals surface area contributed by atoms with Gasteiger partial charge in [0, 0.05) is 0 Å². The summed E-state index contributed by atoms with van der Waals surface area (Å²) in [5.74, 6) is -0.747. The summed E-state index contributed by atoms with van der Waals surface area (Å²) in [6, 6.07) is 10.7. The summed E-state index contributed by atoms with van der Waals surface area (Å²) in [6.45, 7) is -0.230. The van der Waals surface area contributed by atoms with E-state index in [1.54, 1.807) is 24.3 Å². The Morgan fingerprint density at radius 3 is 2.09 bits per heavy atom. The second-order valence-corrected chi connectivity index (χ2v) is 5.72. The van der Waals surface area contributed by atoms with Gasteiger partial charge in [-0.05, 0) is 17.7 Å². The zero-order valence-electron chi connectivity index (χ0n) is 11.9. The van der Waals surface area contributed by atoms with E-state index < -0.39 is 11.8 Å². The molecule has 0 unspecified atom stereocenters. The predicted molar refractivity (Wildman–Crippen MR) is 85.1 cm³/mol. The van der Waals surface area contributed by atoms with Gasteiger partial charge in [-0.1, -0.05) is 23.9 Å². The fourth-order valence-corrected chi connectivity index (χ4v) is 2.92. The Kier molecular flexibility index (Phi) is 4.79. The van der Waals surface area contributed by atoms with Crippen molar-refractivity contribution in [1.29, 1.82) is 10.5 Å². The summed E-state index contributed by atoms with van der Waals surface area (Å²) in [4.78, 5) is 10.7. The first kappa shape index (κ1) is 16.3. The first-order valence-corrected chi connectivity index (χ1v) is 7.28. The first-order chi connectivity index (χ1) is 11.0. The van der Waals surface area contributed by atoms with Crippen molar-refractivity contribution in [2.45, 2.75) is 5.92 Å². The lowest BCUT2D eigenvalue weighted by atomic mass is 9.86. The van der Waals surface area contributed by atoms with E-state index in [0.717, 1.165) is 11.8 Å². The highest BCUT2D eigenvalue weighted by atomic mass is 32.2. The lowest BCUT2D eigenvalue weighted by molar-refractivity contribution is -0.119. The van der Waals surface area contributed by atoms with Crippen molar-refractivity contribution in [2.24, 2.45) is 17.2 Å². The molecule has 7 nitrogen and oxygen atoms in total. The van der Waals surface area contributed by atoms with Gasteiger partial charge in [0.25, 0.3) is 5.91 Å². The molecule has 0 radical (unpaired) electrons. The number of nitrogens with two attached hydrogens (primary N) is 3. The van der Waals surface area contributed by atoms with Crippen LogP contribution >= 0.6 is 11.8 Å². The predicted octanol–water partition coefficient (Wildman–Crippen LogP) is 0.769. The molecular formula is C15H13N5O2S. The number of hydrogen-bond donors (Lipinski definition) is 3. The summed E-state index contributed by atoms with van der Waals surface area (Å²) >= 11 is 1.01. The number of amides is 1.